The molecule has 3 aliphatic rings. The fraction of sp³-hybridized carbons (Fsp3) is 0.600. The van der Waals surface area contributed by atoms with Crippen molar-refractivity contribution in [2.75, 3.05) is 0 Å². The van der Waals surface area contributed by atoms with E-state index in [1.54, 1.807) is 0 Å². The van der Waals surface area contributed by atoms with Gasteiger partial charge in [0.1, 0.15) is 6.10 Å². The molecule has 0 spiro atoms. The Morgan fingerprint density at radius 3 is 2.62 bits per heavy atom. The number of nitrogens with zero attached hydrogens (tertiary/aromatic N) is 1. The van der Waals surface area contributed by atoms with Crippen LogP contribution in [0, 0.1) is 24.7 Å². The minimum atomic E-state index is 0.214. The molecular formula is C20H26N2O2. The van der Waals surface area contributed by atoms with Crippen molar-refractivity contribution in [1.82, 2.24) is 10.3 Å². The van der Waals surface area contributed by atoms with Crippen molar-refractivity contribution in [3.05, 3.63) is 36.0 Å². The molecule has 4 nitrogen and oxygen atoms in total. The summed E-state index contributed by atoms with van der Waals surface area (Å²) < 4.78 is 5.97. The van der Waals surface area contributed by atoms with Gasteiger partial charge in [0.25, 0.3) is 0 Å². The van der Waals surface area contributed by atoms with Crippen molar-refractivity contribution in [3.8, 4) is 5.88 Å². The third-order valence-corrected chi connectivity index (χ3v) is 5.81. The van der Waals surface area contributed by atoms with Gasteiger partial charge in [0.05, 0.1) is 0 Å². The second-order valence-corrected chi connectivity index (χ2v) is 7.66. The maximum absolute atomic E-state index is 12.5. The quantitative estimate of drug-likeness (QED) is 0.863. The molecule has 1 N–H and O–H groups in total. The summed E-state index contributed by atoms with van der Waals surface area (Å²) in [6.07, 6.45) is 12.8. The van der Waals surface area contributed by atoms with E-state index in [1.165, 1.54) is 6.42 Å². The molecule has 0 aliphatic heterocycles. The number of ether oxygens (including phenoxy) is 1. The van der Waals surface area contributed by atoms with Gasteiger partial charge < -0.3 is 10.1 Å². The van der Waals surface area contributed by atoms with E-state index in [2.05, 4.69) is 22.5 Å². The number of fused-ring (bicyclic) bond motifs is 2. The van der Waals surface area contributed by atoms with Crippen molar-refractivity contribution in [2.24, 2.45) is 17.8 Å². The molecule has 3 unspecified atom stereocenters. The second-order valence-electron chi connectivity index (χ2n) is 7.66. The van der Waals surface area contributed by atoms with E-state index >= 15 is 0 Å². The summed E-state index contributed by atoms with van der Waals surface area (Å²) in [7, 11) is 0. The summed E-state index contributed by atoms with van der Waals surface area (Å²) in [4.78, 5) is 16.8. The van der Waals surface area contributed by atoms with Gasteiger partial charge in [0.2, 0.25) is 11.8 Å². The van der Waals surface area contributed by atoms with Crippen LogP contribution < -0.4 is 10.1 Å². The Balaban J connectivity index is 1.23. The van der Waals surface area contributed by atoms with Crippen LogP contribution in [0.4, 0.5) is 0 Å². The highest BCUT2D eigenvalue weighted by Gasteiger charge is 2.40. The number of hydrogen-bond donors (Lipinski definition) is 1. The van der Waals surface area contributed by atoms with Crippen LogP contribution in [0.15, 0.2) is 30.5 Å². The van der Waals surface area contributed by atoms with Crippen LogP contribution in [0.3, 0.4) is 0 Å². The molecule has 2 fully saturated rings. The molecule has 24 heavy (non-hydrogen) atoms. The lowest BCUT2D eigenvalue weighted by Gasteiger charge is -2.30. The van der Waals surface area contributed by atoms with E-state index < -0.39 is 0 Å². The van der Waals surface area contributed by atoms with Gasteiger partial charge in [-0.05, 0) is 62.8 Å². The Labute approximate surface area is 143 Å². The first-order chi connectivity index (χ1) is 11.7. The van der Waals surface area contributed by atoms with Gasteiger partial charge in [-0.3, -0.25) is 4.79 Å². The Hall–Kier alpha value is -1.84. The van der Waals surface area contributed by atoms with Gasteiger partial charge in [-0.2, -0.15) is 0 Å². The number of carbonyl (C=O) groups excluding carboxylic acids is 1. The highest BCUT2D eigenvalue weighted by Crippen LogP contribution is 2.43. The topological polar surface area (TPSA) is 51.2 Å². The molecule has 3 aliphatic carbocycles. The number of aryl methyl sites for hydroxylation is 1. The van der Waals surface area contributed by atoms with Crippen molar-refractivity contribution in [2.45, 2.75) is 57.6 Å². The zero-order valence-corrected chi connectivity index (χ0v) is 14.3. The SMILES string of the molecule is Cc1ccc(OC2CCC(NC(=O)C3CC4C=CC3C4)CC2)nc1. The van der Waals surface area contributed by atoms with E-state index in [1.807, 2.05) is 25.3 Å². The van der Waals surface area contributed by atoms with Crippen LogP contribution in [0.25, 0.3) is 0 Å². The number of allylic oxidation sites excluding steroid dienone is 2. The van der Waals surface area contributed by atoms with E-state index in [9.17, 15) is 4.79 Å². The van der Waals surface area contributed by atoms with Gasteiger partial charge in [0.15, 0.2) is 0 Å². The molecule has 128 valence electrons. The predicted molar refractivity (Wildman–Crippen MR) is 92.6 cm³/mol. The average molecular weight is 326 g/mol. The van der Waals surface area contributed by atoms with Crippen LogP contribution in [-0.2, 0) is 4.79 Å². The predicted octanol–water partition coefficient (Wildman–Crippen LogP) is 3.41. The third kappa shape index (κ3) is 3.33. The molecule has 4 rings (SSSR count). The van der Waals surface area contributed by atoms with Crippen LogP contribution >= 0.6 is 0 Å². The smallest absolute Gasteiger partial charge is 0.223 e. The third-order valence-electron chi connectivity index (χ3n) is 5.81. The summed E-state index contributed by atoms with van der Waals surface area (Å²) in [6, 6.07) is 4.27. The zero-order valence-electron chi connectivity index (χ0n) is 14.3. The largest absolute Gasteiger partial charge is 0.474 e. The summed E-state index contributed by atoms with van der Waals surface area (Å²) in [5, 5.41) is 3.29. The molecule has 2 bridgehead atoms. The maximum Gasteiger partial charge on any atom is 0.223 e. The van der Waals surface area contributed by atoms with Crippen molar-refractivity contribution < 1.29 is 9.53 Å². The summed E-state index contributed by atoms with van der Waals surface area (Å²) >= 11 is 0. The standard InChI is InChI=1S/C20H26N2O2/c1-13-2-9-19(21-12-13)24-17-7-5-16(6-8-17)22-20(23)18-11-14-3-4-15(18)10-14/h2-4,9,12,14-18H,5-8,10-11H2,1H3,(H,22,23). The molecule has 2 saturated carbocycles. The van der Waals surface area contributed by atoms with E-state index in [0.29, 0.717) is 23.8 Å². The lowest BCUT2D eigenvalue weighted by atomic mass is 9.90. The first kappa shape index (κ1) is 15.7. The number of pyridine rings is 1. The zero-order chi connectivity index (χ0) is 16.5. The molecule has 1 heterocycles. The molecule has 1 aromatic heterocycles. The molecule has 4 heteroatoms. The van der Waals surface area contributed by atoms with Crippen molar-refractivity contribution in [1.29, 1.82) is 0 Å². The Bertz CT molecular complexity index is 617. The van der Waals surface area contributed by atoms with E-state index in [-0.39, 0.29) is 17.9 Å². The first-order valence-corrected chi connectivity index (χ1v) is 9.25. The van der Waals surface area contributed by atoms with Crippen LogP contribution in [0.5, 0.6) is 5.88 Å². The highest BCUT2D eigenvalue weighted by atomic mass is 16.5. The first-order valence-electron chi connectivity index (χ1n) is 9.25. The fourth-order valence-corrected chi connectivity index (χ4v) is 4.41. The van der Waals surface area contributed by atoms with E-state index in [4.69, 9.17) is 4.74 Å². The van der Waals surface area contributed by atoms with Gasteiger partial charge in [-0.15, -0.1) is 0 Å². The summed E-state index contributed by atoms with van der Waals surface area (Å²) in [6.45, 7) is 2.02. The van der Waals surface area contributed by atoms with Gasteiger partial charge in [0, 0.05) is 24.2 Å². The summed E-state index contributed by atoms with van der Waals surface area (Å²) in [5.41, 5.74) is 1.14. The number of aromatic nitrogens is 1. The van der Waals surface area contributed by atoms with Crippen LogP contribution in [0.2, 0.25) is 0 Å². The van der Waals surface area contributed by atoms with Crippen molar-refractivity contribution >= 4 is 5.91 Å². The lowest BCUT2D eigenvalue weighted by molar-refractivity contribution is -0.126. The minimum Gasteiger partial charge on any atom is -0.474 e. The molecule has 0 radical (unpaired) electrons. The molecule has 1 amide bonds. The molecule has 0 saturated heterocycles. The Morgan fingerprint density at radius 1 is 1.17 bits per heavy atom. The summed E-state index contributed by atoms with van der Waals surface area (Å²) in [5.74, 6) is 2.34. The number of rotatable bonds is 4. The number of nitrogens with one attached hydrogen (secondary N) is 1. The molecular weight excluding hydrogens is 300 g/mol. The van der Waals surface area contributed by atoms with Gasteiger partial charge >= 0.3 is 0 Å². The maximum atomic E-state index is 12.5. The number of carbonyl (C=O) groups is 1. The average Bonchev–Trinajstić information content (AvgIpc) is 3.22. The molecule has 0 aromatic carbocycles. The second kappa shape index (κ2) is 6.58. The molecule has 3 atom stereocenters. The Kier molecular flexibility index (Phi) is 4.30. The van der Waals surface area contributed by atoms with Gasteiger partial charge in [-0.25, -0.2) is 4.98 Å². The van der Waals surface area contributed by atoms with Gasteiger partial charge in [-0.1, -0.05) is 18.2 Å². The number of amides is 1. The Morgan fingerprint density at radius 2 is 2.00 bits per heavy atom. The van der Waals surface area contributed by atoms with Crippen molar-refractivity contribution in [3.63, 3.8) is 0 Å². The lowest BCUT2D eigenvalue weighted by Crippen LogP contribution is -2.43. The van der Waals surface area contributed by atoms with E-state index in [0.717, 1.165) is 37.7 Å². The highest BCUT2D eigenvalue weighted by molar-refractivity contribution is 5.80. The minimum absolute atomic E-state index is 0.214. The monoisotopic (exact) mass is 326 g/mol. The normalized spacial score (nSPS) is 34.3. The molecule has 1 aromatic rings. The fourth-order valence-electron chi connectivity index (χ4n) is 4.41. The number of hydrogen-bond acceptors (Lipinski definition) is 3. The van der Waals surface area contributed by atoms with Crippen LogP contribution in [0.1, 0.15) is 44.1 Å². The van der Waals surface area contributed by atoms with Crippen LogP contribution in [-0.4, -0.2) is 23.0 Å².